The van der Waals surface area contributed by atoms with E-state index < -0.39 is 11.9 Å². The van der Waals surface area contributed by atoms with E-state index in [1.807, 2.05) is 14.1 Å². The van der Waals surface area contributed by atoms with Gasteiger partial charge in [0.2, 0.25) is 5.91 Å². The summed E-state index contributed by atoms with van der Waals surface area (Å²) < 4.78 is 0. The van der Waals surface area contributed by atoms with Crippen molar-refractivity contribution in [1.82, 2.24) is 9.80 Å². The highest BCUT2D eigenvalue weighted by Gasteiger charge is 2.18. The number of amides is 1. The molecular weight excluding hydrogens is 192 g/mol. The molecule has 1 amide bonds. The first-order chi connectivity index (χ1) is 6.88. The monoisotopic (exact) mass is 216 g/mol. The van der Waals surface area contributed by atoms with Crippen LogP contribution in [-0.4, -0.2) is 61.5 Å². The molecule has 2 atom stereocenters. The van der Waals surface area contributed by atoms with Gasteiger partial charge in [-0.15, -0.1) is 0 Å². The Morgan fingerprint density at radius 1 is 1.33 bits per heavy atom. The molecule has 0 saturated carbocycles. The quantitative estimate of drug-likeness (QED) is 0.576. The molecule has 0 aromatic rings. The number of carbonyl (C=O) groups is 1. The van der Waals surface area contributed by atoms with Crippen LogP contribution in [0.3, 0.4) is 0 Å². The number of hydrogen-bond donors (Lipinski definition) is 2. The van der Waals surface area contributed by atoms with E-state index in [4.69, 9.17) is 11.5 Å². The maximum Gasteiger partial charge on any atom is 0.235 e. The molecule has 90 valence electrons. The van der Waals surface area contributed by atoms with Crippen molar-refractivity contribution in [2.75, 3.05) is 33.7 Å². The molecule has 5 nitrogen and oxygen atoms in total. The number of likely N-dealkylation sites (N-methyl/N-ethyl adjacent to an activating group) is 2. The molecule has 0 aromatic heterocycles. The van der Waals surface area contributed by atoms with E-state index >= 15 is 0 Å². The van der Waals surface area contributed by atoms with Gasteiger partial charge in [-0.05, 0) is 27.6 Å². The smallest absolute Gasteiger partial charge is 0.235 e. The average molecular weight is 216 g/mol. The summed E-state index contributed by atoms with van der Waals surface area (Å²) in [7, 11) is 4.05. The summed E-state index contributed by atoms with van der Waals surface area (Å²) >= 11 is 0. The Balaban J connectivity index is 4.17. The van der Waals surface area contributed by atoms with Crippen molar-refractivity contribution >= 4 is 5.91 Å². The van der Waals surface area contributed by atoms with Gasteiger partial charge in [0.1, 0.15) is 0 Å². The van der Waals surface area contributed by atoms with Crippen LogP contribution in [0.25, 0.3) is 0 Å². The maximum atomic E-state index is 10.9. The van der Waals surface area contributed by atoms with Crippen LogP contribution in [0.2, 0.25) is 0 Å². The Labute approximate surface area is 92.4 Å². The van der Waals surface area contributed by atoms with E-state index in [0.717, 1.165) is 13.1 Å². The first-order valence-corrected chi connectivity index (χ1v) is 5.32. The highest BCUT2D eigenvalue weighted by Crippen LogP contribution is 2.00. The van der Waals surface area contributed by atoms with Gasteiger partial charge in [0.25, 0.3) is 0 Å². The first-order valence-electron chi connectivity index (χ1n) is 5.32. The minimum atomic E-state index is -0.574. The Bertz CT molecular complexity index is 196. The van der Waals surface area contributed by atoms with Crippen LogP contribution in [0.15, 0.2) is 0 Å². The molecule has 0 aliphatic heterocycles. The number of nitrogens with two attached hydrogens (primary N) is 2. The van der Waals surface area contributed by atoms with Gasteiger partial charge in [-0.2, -0.15) is 0 Å². The van der Waals surface area contributed by atoms with Gasteiger partial charge in [-0.3, -0.25) is 9.69 Å². The van der Waals surface area contributed by atoms with Crippen molar-refractivity contribution in [2.24, 2.45) is 11.5 Å². The fourth-order valence-corrected chi connectivity index (χ4v) is 1.61. The van der Waals surface area contributed by atoms with Gasteiger partial charge in [-0.1, -0.05) is 6.92 Å². The molecule has 0 rings (SSSR count). The Morgan fingerprint density at radius 3 is 2.20 bits per heavy atom. The Hall–Kier alpha value is -0.650. The number of rotatable bonds is 7. The molecule has 0 radical (unpaired) electrons. The lowest BCUT2D eigenvalue weighted by molar-refractivity contribution is -0.119. The van der Waals surface area contributed by atoms with Gasteiger partial charge in [0.05, 0.1) is 6.04 Å². The predicted molar refractivity (Wildman–Crippen MR) is 62.4 cm³/mol. The molecule has 0 spiro atoms. The molecule has 5 heteroatoms. The van der Waals surface area contributed by atoms with Crippen molar-refractivity contribution in [1.29, 1.82) is 0 Å². The molecule has 0 aliphatic rings. The molecule has 0 saturated heterocycles. The molecule has 2 unspecified atom stereocenters. The summed E-state index contributed by atoms with van der Waals surface area (Å²) in [6.07, 6.45) is 0. The standard InChI is InChI=1S/C10H24N4O/c1-5-14(7-9(11)10(12)15)8(2)6-13(3)4/h8-9H,5-7,11H2,1-4H3,(H2,12,15). The second-order valence-corrected chi connectivity index (χ2v) is 4.21. The van der Waals surface area contributed by atoms with Crippen LogP contribution >= 0.6 is 0 Å². The minimum absolute atomic E-state index is 0.371. The van der Waals surface area contributed by atoms with Crippen molar-refractivity contribution < 1.29 is 4.79 Å². The van der Waals surface area contributed by atoms with E-state index in [0.29, 0.717) is 12.6 Å². The Morgan fingerprint density at radius 2 is 1.87 bits per heavy atom. The fraction of sp³-hybridized carbons (Fsp3) is 0.900. The SMILES string of the molecule is CCN(CC(N)C(N)=O)C(C)CN(C)C. The summed E-state index contributed by atoms with van der Waals surface area (Å²) in [4.78, 5) is 15.1. The molecule has 0 heterocycles. The lowest BCUT2D eigenvalue weighted by Gasteiger charge is -2.31. The average Bonchev–Trinajstić information content (AvgIpc) is 2.11. The molecule has 0 aliphatic carbocycles. The van der Waals surface area contributed by atoms with E-state index in [2.05, 4.69) is 23.6 Å². The molecule has 0 fully saturated rings. The van der Waals surface area contributed by atoms with Gasteiger partial charge in [0.15, 0.2) is 0 Å². The van der Waals surface area contributed by atoms with Crippen molar-refractivity contribution in [3.05, 3.63) is 0 Å². The summed E-state index contributed by atoms with van der Waals surface area (Å²) in [5.74, 6) is -0.439. The third kappa shape index (κ3) is 5.71. The number of primary amides is 1. The highest BCUT2D eigenvalue weighted by atomic mass is 16.1. The summed E-state index contributed by atoms with van der Waals surface area (Å²) in [5, 5.41) is 0. The van der Waals surface area contributed by atoms with Crippen LogP contribution in [0.1, 0.15) is 13.8 Å². The van der Waals surface area contributed by atoms with Gasteiger partial charge in [0, 0.05) is 19.1 Å². The van der Waals surface area contributed by atoms with Crippen LogP contribution in [0.5, 0.6) is 0 Å². The molecule has 4 N–H and O–H groups in total. The van der Waals surface area contributed by atoms with Crippen molar-refractivity contribution in [3.8, 4) is 0 Å². The molecule has 0 bridgehead atoms. The second-order valence-electron chi connectivity index (χ2n) is 4.21. The van der Waals surface area contributed by atoms with Gasteiger partial charge < -0.3 is 16.4 Å². The highest BCUT2D eigenvalue weighted by molar-refractivity contribution is 5.79. The van der Waals surface area contributed by atoms with Crippen LogP contribution in [0.4, 0.5) is 0 Å². The largest absolute Gasteiger partial charge is 0.368 e. The molecule has 15 heavy (non-hydrogen) atoms. The fourth-order valence-electron chi connectivity index (χ4n) is 1.61. The Kier molecular flexibility index (Phi) is 6.47. The van der Waals surface area contributed by atoms with Crippen molar-refractivity contribution in [2.45, 2.75) is 25.9 Å². The minimum Gasteiger partial charge on any atom is -0.368 e. The molecular formula is C10H24N4O. The number of carbonyl (C=O) groups excluding carboxylic acids is 1. The zero-order valence-corrected chi connectivity index (χ0v) is 10.2. The summed E-state index contributed by atoms with van der Waals surface area (Å²) in [5.41, 5.74) is 10.8. The van der Waals surface area contributed by atoms with Gasteiger partial charge >= 0.3 is 0 Å². The normalized spacial score (nSPS) is 15.7. The first kappa shape index (κ1) is 14.3. The second kappa shape index (κ2) is 6.76. The van der Waals surface area contributed by atoms with E-state index in [1.165, 1.54) is 0 Å². The third-order valence-corrected chi connectivity index (χ3v) is 2.46. The van der Waals surface area contributed by atoms with Gasteiger partial charge in [-0.25, -0.2) is 0 Å². The van der Waals surface area contributed by atoms with Crippen LogP contribution in [0, 0.1) is 0 Å². The number of hydrogen-bond acceptors (Lipinski definition) is 4. The van der Waals surface area contributed by atoms with E-state index in [9.17, 15) is 4.79 Å². The summed E-state index contributed by atoms with van der Waals surface area (Å²) in [6.45, 7) is 6.52. The lowest BCUT2D eigenvalue weighted by Crippen LogP contribution is -2.50. The maximum absolute atomic E-state index is 10.9. The lowest BCUT2D eigenvalue weighted by atomic mass is 10.2. The topological polar surface area (TPSA) is 75.6 Å². The van der Waals surface area contributed by atoms with E-state index in [-0.39, 0.29) is 0 Å². The molecule has 0 aromatic carbocycles. The summed E-state index contributed by atoms with van der Waals surface area (Å²) in [6, 6.07) is -0.204. The third-order valence-electron chi connectivity index (χ3n) is 2.46. The van der Waals surface area contributed by atoms with E-state index in [1.54, 1.807) is 0 Å². The number of nitrogens with zero attached hydrogens (tertiary/aromatic N) is 2. The van der Waals surface area contributed by atoms with Crippen LogP contribution < -0.4 is 11.5 Å². The van der Waals surface area contributed by atoms with Crippen LogP contribution in [-0.2, 0) is 4.79 Å². The zero-order chi connectivity index (χ0) is 12.0. The zero-order valence-electron chi connectivity index (χ0n) is 10.2. The van der Waals surface area contributed by atoms with Crippen molar-refractivity contribution in [3.63, 3.8) is 0 Å². The predicted octanol–water partition coefficient (Wildman–Crippen LogP) is -0.929.